The summed E-state index contributed by atoms with van der Waals surface area (Å²) in [5.41, 5.74) is -3.61. The van der Waals surface area contributed by atoms with Crippen LogP contribution in [0.5, 0.6) is 0 Å². The number of aliphatic hydroxyl groups is 1. The van der Waals surface area contributed by atoms with Crippen LogP contribution < -0.4 is 11.2 Å². The summed E-state index contributed by atoms with van der Waals surface area (Å²) < 4.78 is 50.3. The summed E-state index contributed by atoms with van der Waals surface area (Å²) in [4.78, 5) is 24.9. The van der Waals surface area contributed by atoms with E-state index >= 15 is 0 Å². The number of aliphatic hydroxyl groups excluding tert-OH is 1. The molecule has 0 aliphatic carbocycles. The molecule has 2 aromatic rings. The zero-order chi connectivity index (χ0) is 21.3. The third-order valence-corrected chi connectivity index (χ3v) is 4.85. The molecule has 1 aliphatic heterocycles. The molecule has 2 heterocycles. The van der Waals surface area contributed by atoms with Crippen molar-refractivity contribution < 1.29 is 27.8 Å². The van der Waals surface area contributed by atoms with Crippen LogP contribution in [0.3, 0.4) is 0 Å². The van der Waals surface area contributed by atoms with E-state index in [4.69, 9.17) is 33.3 Å². The van der Waals surface area contributed by atoms with Gasteiger partial charge < -0.3 is 14.6 Å². The van der Waals surface area contributed by atoms with Crippen LogP contribution in [-0.4, -0.2) is 38.5 Å². The van der Waals surface area contributed by atoms with Gasteiger partial charge in [0.15, 0.2) is 5.05 Å². The van der Waals surface area contributed by atoms with Crippen LogP contribution in [0.25, 0.3) is 0 Å². The highest BCUT2D eigenvalue weighted by molar-refractivity contribution is 7.80. The van der Waals surface area contributed by atoms with Crippen LogP contribution >= 0.6 is 23.8 Å². The molecule has 1 fully saturated rings. The Morgan fingerprint density at radius 2 is 2.00 bits per heavy atom. The maximum atomic E-state index is 12.9. The average Bonchev–Trinajstić information content (AvgIpc) is 2.99. The van der Waals surface area contributed by atoms with E-state index in [9.17, 15) is 27.9 Å². The van der Waals surface area contributed by atoms with Crippen molar-refractivity contribution >= 4 is 28.9 Å². The monoisotopic (exact) mass is 450 g/mol. The summed E-state index contributed by atoms with van der Waals surface area (Å²) in [5, 5.41) is 10.8. The lowest BCUT2D eigenvalue weighted by Crippen LogP contribution is -2.36. The summed E-state index contributed by atoms with van der Waals surface area (Å²) in [6, 6.07) is 6.50. The van der Waals surface area contributed by atoms with Gasteiger partial charge in [-0.15, -0.1) is 0 Å². The Hall–Kier alpha value is -2.21. The van der Waals surface area contributed by atoms with Crippen LogP contribution in [0, 0.1) is 0 Å². The van der Waals surface area contributed by atoms with Crippen LogP contribution in [0.15, 0.2) is 40.1 Å². The van der Waals surface area contributed by atoms with Crippen molar-refractivity contribution in [2.45, 2.75) is 31.0 Å². The number of ether oxygens (including phenoxy) is 2. The third kappa shape index (κ3) is 4.86. The van der Waals surface area contributed by atoms with E-state index in [2.05, 4.69) is 0 Å². The molecule has 1 aromatic heterocycles. The molecule has 1 aliphatic rings. The van der Waals surface area contributed by atoms with Gasteiger partial charge in [0.1, 0.15) is 24.5 Å². The number of nitrogens with zero attached hydrogens (tertiary/aromatic N) is 1. The minimum atomic E-state index is -4.95. The Balaban J connectivity index is 1.71. The number of alkyl halides is 3. The maximum Gasteiger partial charge on any atom is 0.423 e. The fourth-order valence-electron chi connectivity index (χ4n) is 2.76. The van der Waals surface area contributed by atoms with Crippen molar-refractivity contribution in [1.29, 1.82) is 0 Å². The highest BCUT2D eigenvalue weighted by atomic mass is 35.5. The first-order chi connectivity index (χ1) is 13.6. The Kier molecular flexibility index (Phi) is 6.13. The van der Waals surface area contributed by atoms with Gasteiger partial charge in [0.2, 0.25) is 0 Å². The summed E-state index contributed by atoms with van der Waals surface area (Å²) in [5.74, 6) is 0. The molecule has 29 heavy (non-hydrogen) atoms. The third-order valence-electron chi connectivity index (χ3n) is 4.25. The van der Waals surface area contributed by atoms with Gasteiger partial charge in [-0.2, -0.15) is 13.2 Å². The summed E-state index contributed by atoms with van der Waals surface area (Å²) in [7, 11) is 0. The normalized spacial score (nSPS) is 21.9. The van der Waals surface area contributed by atoms with Crippen molar-refractivity contribution in [3.63, 3.8) is 0 Å². The lowest BCUT2D eigenvalue weighted by molar-refractivity contribution is -0.139. The number of halogens is 4. The quantitative estimate of drug-likeness (QED) is 0.694. The van der Waals surface area contributed by atoms with Gasteiger partial charge in [0, 0.05) is 23.2 Å². The smallest absolute Gasteiger partial charge is 0.423 e. The van der Waals surface area contributed by atoms with Gasteiger partial charge in [-0.25, -0.2) is 4.79 Å². The molecule has 156 valence electrons. The number of benzene rings is 1. The SMILES string of the molecule is O=c1[nH]c(=O)n([C@H]2C[C@H](O)[C@@H](COC(=S)c3ccc(Cl)cc3)O2)cc1C(F)(F)F. The Bertz CT molecular complexity index is 1020. The van der Waals surface area contributed by atoms with E-state index in [1.54, 1.807) is 29.2 Å². The van der Waals surface area contributed by atoms with Gasteiger partial charge in [-0.3, -0.25) is 14.3 Å². The molecule has 3 atom stereocenters. The molecule has 3 rings (SSSR count). The van der Waals surface area contributed by atoms with Crippen molar-refractivity contribution in [3.05, 3.63) is 67.4 Å². The van der Waals surface area contributed by atoms with E-state index in [0.717, 1.165) is 0 Å². The number of thiocarbonyl (C=S) groups is 1. The number of rotatable bonds is 4. The predicted molar refractivity (Wildman–Crippen MR) is 100.0 cm³/mol. The standard InChI is InChI=1S/C17H14ClF3N2O5S/c18-9-3-1-8(2-4-9)15(29)27-7-12-11(24)5-13(28-12)23-6-10(17(19,20)21)14(25)22-16(23)26/h1-4,6,11-13,24H,5,7H2,(H,22,25,26)/t11-,12+,13+/m0/s1. The largest absolute Gasteiger partial charge is 0.480 e. The molecular formula is C17H14ClF3N2O5S. The Morgan fingerprint density at radius 3 is 2.62 bits per heavy atom. The molecular weight excluding hydrogens is 437 g/mol. The molecule has 0 unspecified atom stereocenters. The number of aromatic amines is 1. The van der Waals surface area contributed by atoms with Gasteiger partial charge in [-0.1, -0.05) is 11.6 Å². The van der Waals surface area contributed by atoms with E-state index in [0.29, 0.717) is 21.4 Å². The lowest BCUT2D eigenvalue weighted by atomic mass is 10.2. The maximum absolute atomic E-state index is 12.9. The van der Waals surface area contributed by atoms with E-state index in [1.165, 1.54) is 0 Å². The van der Waals surface area contributed by atoms with Crippen LogP contribution in [-0.2, 0) is 15.7 Å². The lowest BCUT2D eigenvalue weighted by Gasteiger charge is -2.18. The fourth-order valence-corrected chi connectivity index (χ4v) is 3.09. The Labute approximate surface area is 171 Å². The first-order valence-electron chi connectivity index (χ1n) is 8.25. The number of aromatic nitrogens is 2. The van der Waals surface area contributed by atoms with E-state index in [1.807, 2.05) is 0 Å². The first-order valence-corrected chi connectivity index (χ1v) is 9.04. The second-order valence-corrected chi connectivity index (χ2v) is 7.05. The number of nitrogens with one attached hydrogen (secondary N) is 1. The molecule has 0 bridgehead atoms. The van der Waals surface area contributed by atoms with Gasteiger partial charge >= 0.3 is 11.9 Å². The second-order valence-electron chi connectivity index (χ2n) is 6.24. The highest BCUT2D eigenvalue weighted by Gasteiger charge is 2.39. The molecule has 1 aromatic carbocycles. The molecule has 1 saturated heterocycles. The Morgan fingerprint density at radius 1 is 1.34 bits per heavy atom. The van der Waals surface area contributed by atoms with Gasteiger partial charge in [0.25, 0.3) is 5.56 Å². The minimum Gasteiger partial charge on any atom is -0.480 e. The van der Waals surface area contributed by atoms with Crippen LogP contribution in [0.2, 0.25) is 5.02 Å². The number of hydrogen-bond acceptors (Lipinski definition) is 6. The molecule has 12 heteroatoms. The molecule has 0 spiro atoms. The zero-order valence-electron chi connectivity index (χ0n) is 14.5. The molecule has 2 N–H and O–H groups in total. The highest BCUT2D eigenvalue weighted by Crippen LogP contribution is 2.30. The predicted octanol–water partition coefficient (Wildman–Crippen LogP) is 2.25. The van der Waals surface area contributed by atoms with Crippen LogP contribution in [0.1, 0.15) is 23.8 Å². The molecule has 0 saturated carbocycles. The van der Waals surface area contributed by atoms with Gasteiger partial charge in [-0.05, 0) is 36.5 Å². The van der Waals surface area contributed by atoms with Gasteiger partial charge in [0.05, 0.1) is 6.10 Å². The van der Waals surface area contributed by atoms with Crippen molar-refractivity contribution in [2.24, 2.45) is 0 Å². The van der Waals surface area contributed by atoms with E-state index in [-0.39, 0.29) is 18.1 Å². The number of hydrogen-bond donors (Lipinski definition) is 2. The topological polar surface area (TPSA) is 93.6 Å². The molecule has 0 amide bonds. The van der Waals surface area contributed by atoms with E-state index < -0.39 is 41.4 Å². The summed E-state index contributed by atoms with van der Waals surface area (Å²) >= 11 is 10.9. The van der Waals surface area contributed by atoms with Crippen molar-refractivity contribution in [2.75, 3.05) is 6.61 Å². The average molecular weight is 451 g/mol. The fraction of sp³-hybridized carbons (Fsp3) is 0.353. The first kappa shape index (κ1) is 21.5. The summed E-state index contributed by atoms with van der Waals surface area (Å²) in [6.45, 7) is -0.191. The molecule has 0 radical (unpaired) electrons. The minimum absolute atomic E-state index is 0.112. The number of H-pyrrole nitrogens is 1. The van der Waals surface area contributed by atoms with Crippen molar-refractivity contribution in [3.8, 4) is 0 Å². The van der Waals surface area contributed by atoms with Crippen molar-refractivity contribution in [1.82, 2.24) is 9.55 Å². The zero-order valence-corrected chi connectivity index (χ0v) is 16.1. The summed E-state index contributed by atoms with van der Waals surface area (Å²) in [6.07, 6.45) is -8.04. The second kappa shape index (κ2) is 8.27. The molecule has 7 nitrogen and oxygen atoms in total. The van der Waals surface area contributed by atoms with Crippen LogP contribution in [0.4, 0.5) is 13.2 Å².